The number of rotatable bonds is 4. The predicted molar refractivity (Wildman–Crippen MR) is 52.9 cm³/mol. The molecule has 0 N–H and O–H groups in total. The maximum absolute atomic E-state index is 8.85. The maximum atomic E-state index is 8.85. The lowest BCUT2D eigenvalue weighted by molar-refractivity contribution is 0.262. The van der Waals surface area contributed by atoms with E-state index in [9.17, 15) is 0 Å². The normalized spacial score (nSPS) is 18.0. The van der Waals surface area contributed by atoms with Gasteiger partial charge in [-0.25, -0.2) is 0 Å². The standard InChI is InChI=1S/C11H11NO3/c1-13-11-3-2-9(4-8(11)5-12)14-6-10-7-15-10/h2-4,10H,6-7H2,1H3. The summed E-state index contributed by atoms with van der Waals surface area (Å²) >= 11 is 0. The fraction of sp³-hybridized carbons (Fsp3) is 0.364. The Labute approximate surface area is 88.0 Å². The van der Waals surface area contributed by atoms with E-state index in [1.807, 2.05) is 0 Å². The summed E-state index contributed by atoms with van der Waals surface area (Å²) in [6.45, 7) is 1.30. The van der Waals surface area contributed by atoms with Crippen molar-refractivity contribution in [2.45, 2.75) is 6.10 Å². The van der Waals surface area contributed by atoms with Crippen LogP contribution >= 0.6 is 0 Å². The van der Waals surface area contributed by atoms with Gasteiger partial charge in [-0.05, 0) is 12.1 Å². The molecule has 0 spiro atoms. The van der Waals surface area contributed by atoms with Crippen molar-refractivity contribution < 1.29 is 14.2 Å². The summed E-state index contributed by atoms with van der Waals surface area (Å²) in [5.74, 6) is 1.23. The topological polar surface area (TPSA) is 54.8 Å². The zero-order chi connectivity index (χ0) is 10.7. The molecule has 0 bridgehead atoms. The predicted octanol–water partition coefficient (Wildman–Crippen LogP) is 1.34. The highest BCUT2D eigenvalue weighted by atomic mass is 16.6. The number of nitrogens with zero attached hydrogens (tertiary/aromatic N) is 1. The van der Waals surface area contributed by atoms with Crippen molar-refractivity contribution in [2.75, 3.05) is 20.3 Å². The van der Waals surface area contributed by atoms with Crippen molar-refractivity contribution in [3.8, 4) is 17.6 Å². The third-order valence-corrected chi connectivity index (χ3v) is 2.13. The molecule has 4 nitrogen and oxygen atoms in total. The Morgan fingerprint density at radius 2 is 2.40 bits per heavy atom. The number of benzene rings is 1. The molecular weight excluding hydrogens is 194 g/mol. The first-order valence-corrected chi connectivity index (χ1v) is 4.66. The van der Waals surface area contributed by atoms with Gasteiger partial charge in [0.05, 0.1) is 19.3 Å². The van der Waals surface area contributed by atoms with Crippen molar-refractivity contribution in [3.63, 3.8) is 0 Å². The Morgan fingerprint density at radius 3 is 3.00 bits per heavy atom. The van der Waals surface area contributed by atoms with E-state index in [1.54, 1.807) is 18.2 Å². The summed E-state index contributed by atoms with van der Waals surface area (Å²) in [7, 11) is 1.54. The lowest BCUT2D eigenvalue weighted by Gasteiger charge is -2.06. The van der Waals surface area contributed by atoms with Crippen LogP contribution in [-0.4, -0.2) is 26.4 Å². The molecule has 2 rings (SSSR count). The maximum Gasteiger partial charge on any atom is 0.136 e. The molecule has 1 heterocycles. The number of epoxide rings is 1. The van der Waals surface area contributed by atoms with Crippen LogP contribution in [0.1, 0.15) is 5.56 Å². The Hall–Kier alpha value is -1.73. The van der Waals surface area contributed by atoms with E-state index >= 15 is 0 Å². The second kappa shape index (κ2) is 4.20. The second-order valence-electron chi connectivity index (χ2n) is 3.24. The molecule has 4 heteroatoms. The van der Waals surface area contributed by atoms with Gasteiger partial charge in [0.15, 0.2) is 0 Å². The fourth-order valence-electron chi connectivity index (χ4n) is 1.22. The SMILES string of the molecule is COc1ccc(OCC2CO2)cc1C#N. The Balaban J connectivity index is 2.08. The van der Waals surface area contributed by atoms with Crippen LogP contribution in [0.3, 0.4) is 0 Å². The van der Waals surface area contributed by atoms with Crippen LogP contribution in [0.25, 0.3) is 0 Å². The highest BCUT2D eigenvalue weighted by molar-refractivity contribution is 5.47. The van der Waals surface area contributed by atoms with Gasteiger partial charge in [0.1, 0.15) is 30.3 Å². The molecule has 0 saturated carbocycles. The van der Waals surface area contributed by atoms with Gasteiger partial charge in [-0.15, -0.1) is 0 Å². The van der Waals surface area contributed by atoms with Crippen molar-refractivity contribution in [1.29, 1.82) is 5.26 Å². The Kier molecular flexibility index (Phi) is 2.75. The summed E-state index contributed by atoms with van der Waals surface area (Å²) in [5, 5.41) is 8.85. The highest BCUT2D eigenvalue weighted by Gasteiger charge is 2.23. The summed E-state index contributed by atoms with van der Waals surface area (Å²) in [6.07, 6.45) is 0.220. The molecule has 15 heavy (non-hydrogen) atoms. The van der Waals surface area contributed by atoms with Crippen LogP contribution in [0, 0.1) is 11.3 Å². The highest BCUT2D eigenvalue weighted by Crippen LogP contribution is 2.23. The first-order valence-electron chi connectivity index (χ1n) is 4.66. The molecule has 1 fully saturated rings. The van der Waals surface area contributed by atoms with Crippen LogP contribution in [0.5, 0.6) is 11.5 Å². The fourth-order valence-corrected chi connectivity index (χ4v) is 1.22. The minimum atomic E-state index is 0.220. The Morgan fingerprint density at radius 1 is 1.60 bits per heavy atom. The third kappa shape index (κ3) is 2.39. The largest absolute Gasteiger partial charge is 0.495 e. The molecular formula is C11H11NO3. The second-order valence-corrected chi connectivity index (χ2v) is 3.24. The van der Waals surface area contributed by atoms with E-state index < -0.39 is 0 Å². The van der Waals surface area contributed by atoms with Gasteiger partial charge in [0.25, 0.3) is 0 Å². The average Bonchev–Trinajstić information content (AvgIpc) is 3.09. The lowest BCUT2D eigenvalue weighted by Crippen LogP contribution is -2.04. The van der Waals surface area contributed by atoms with Crippen LogP contribution in [0.4, 0.5) is 0 Å². The van der Waals surface area contributed by atoms with Gasteiger partial charge in [0.2, 0.25) is 0 Å². The Bertz CT molecular complexity index is 393. The quantitative estimate of drug-likeness (QED) is 0.696. The summed E-state index contributed by atoms with van der Waals surface area (Å²) in [5.41, 5.74) is 0.478. The molecule has 1 saturated heterocycles. The zero-order valence-corrected chi connectivity index (χ0v) is 8.40. The van der Waals surface area contributed by atoms with Crippen molar-refractivity contribution in [3.05, 3.63) is 23.8 Å². The van der Waals surface area contributed by atoms with E-state index in [2.05, 4.69) is 6.07 Å². The van der Waals surface area contributed by atoms with Crippen LogP contribution in [0.15, 0.2) is 18.2 Å². The van der Waals surface area contributed by atoms with E-state index in [-0.39, 0.29) is 6.10 Å². The molecule has 0 aromatic heterocycles. The summed E-state index contributed by atoms with van der Waals surface area (Å²) < 4.78 is 15.5. The van der Waals surface area contributed by atoms with Gasteiger partial charge in [-0.1, -0.05) is 0 Å². The van der Waals surface area contributed by atoms with Crippen molar-refractivity contribution >= 4 is 0 Å². The molecule has 1 aliphatic rings. The van der Waals surface area contributed by atoms with E-state index in [1.165, 1.54) is 7.11 Å². The minimum absolute atomic E-state index is 0.220. The molecule has 0 amide bonds. The molecule has 1 unspecified atom stereocenters. The minimum Gasteiger partial charge on any atom is -0.495 e. The van der Waals surface area contributed by atoms with Crippen molar-refractivity contribution in [1.82, 2.24) is 0 Å². The first-order chi connectivity index (χ1) is 7.33. The molecule has 0 aliphatic carbocycles. The lowest BCUT2D eigenvalue weighted by atomic mass is 10.2. The van der Waals surface area contributed by atoms with Crippen LogP contribution < -0.4 is 9.47 Å². The number of hydrogen-bond acceptors (Lipinski definition) is 4. The van der Waals surface area contributed by atoms with E-state index in [0.29, 0.717) is 23.7 Å². The molecule has 78 valence electrons. The molecule has 1 aliphatic heterocycles. The van der Waals surface area contributed by atoms with Gasteiger partial charge in [-0.2, -0.15) is 5.26 Å². The molecule has 1 atom stereocenters. The summed E-state index contributed by atoms with van der Waals surface area (Å²) in [4.78, 5) is 0. The van der Waals surface area contributed by atoms with Crippen LogP contribution in [0.2, 0.25) is 0 Å². The monoisotopic (exact) mass is 205 g/mol. The van der Waals surface area contributed by atoms with Gasteiger partial charge < -0.3 is 14.2 Å². The van der Waals surface area contributed by atoms with Gasteiger partial charge >= 0.3 is 0 Å². The average molecular weight is 205 g/mol. The zero-order valence-electron chi connectivity index (χ0n) is 8.40. The van der Waals surface area contributed by atoms with E-state index in [4.69, 9.17) is 19.5 Å². The summed E-state index contributed by atoms with van der Waals surface area (Å²) in [6, 6.07) is 7.23. The molecule has 1 aromatic rings. The number of nitriles is 1. The van der Waals surface area contributed by atoms with Crippen LogP contribution in [-0.2, 0) is 4.74 Å². The number of ether oxygens (including phenoxy) is 3. The third-order valence-electron chi connectivity index (χ3n) is 2.13. The first kappa shape index (κ1) is 9.81. The number of methoxy groups -OCH3 is 1. The number of hydrogen-bond donors (Lipinski definition) is 0. The smallest absolute Gasteiger partial charge is 0.136 e. The van der Waals surface area contributed by atoms with E-state index in [0.717, 1.165) is 6.61 Å². The molecule has 1 aromatic carbocycles. The van der Waals surface area contributed by atoms with Gasteiger partial charge in [0, 0.05) is 6.07 Å². The van der Waals surface area contributed by atoms with Gasteiger partial charge in [-0.3, -0.25) is 0 Å². The molecule has 0 radical (unpaired) electrons. The van der Waals surface area contributed by atoms with Crippen molar-refractivity contribution in [2.24, 2.45) is 0 Å².